The summed E-state index contributed by atoms with van der Waals surface area (Å²) in [6.45, 7) is 3.93. The van der Waals surface area contributed by atoms with E-state index >= 15 is 0 Å². The lowest BCUT2D eigenvalue weighted by Gasteiger charge is -2.26. The molecule has 0 unspecified atom stereocenters. The maximum atomic E-state index is 12.3. The second kappa shape index (κ2) is 7.97. The van der Waals surface area contributed by atoms with Crippen molar-refractivity contribution < 1.29 is 4.79 Å². The highest BCUT2D eigenvalue weighted by Crippen LogP contribution is 2.26. The zero-order valence-corrected chi connectivity index (χ0v) is 15.1. The van der Waals surface area contributed by atoms with Crippen LogP contribution >= 0.6 is 23.1 Å². The van der Waals surface area contributed by atoms with Crippen LogP contribution in [0.4, 0.5) is 0 Å². The third-order valence-corrected chi connectivity index (χ3v) is 6.20. The molecule has 0 N–H and O–H groups in total. The number of benzene rings is 1. The van der Waals surface area contributed by atoms with Gasteiger partial charge in [0.25, 0.3) is 0 Å². The van der Waals surface area contributed by atoms with Crippen LogP contribution < -0.4 is 0 Å². The Morgan fingerprint density at radius 3 is 2.70 bits per heavy atom. The van der Waals surface area contributed by atoms with Crippen molar-refractivity contribution in [1.82, 2.24) is 9.88 Å². The Balaban J connectivity index is 1.51. The molecule has 1 aliphatic heterocycles. The molecule has 3 rings (SSSR count). The molecule has 5 heteroatoms. The second-order valence-electron chi connectivity index (χ2n) is 6.00. The normalized spacial score (nSPS) is 14.9. The molecule has 23 heavy (non-hydrogen) atoms. The van der Waals surface area contributed by atoms with Crippen molar-refractivity contribution in [3.05, 3.63) is 46.5 Å². The van der Waals surface area contributed by atoms with Gasteiger partial charge in [0.15, 0.2) is 0 Å². The fraction of sp³-hybridized carbons (Fsp3) is 0.444. The highest BCUT2D eigenvalue weighted by Gasteiger charge is 2.17. The zero-order chi connectivity index (χ0) is 16.1. The SMILES string of the molecule is Cc1ccc(CSc2nc(CC(=O)N3CCCCC3)cs2)cc1. The van der Waals surface area contributed by atoms with Crippen LogP contribution in [-0.4, -0.2) is 28.9 Å². The Kier molecular flexibility index (Phi) is 5.73. The Bertz CT molecular complexity index is 645. The monoisotopic (exact) mass is 346 g/mol. The lowest BCUT2D eigenvalue weighted by atomic mass is 10.1. The van der Waals surface area contributed by atoms with E-state index in [1.165, 1.54) is 17.5 Å². The number of hydrogen-bond donors (Lipinski definition) is 0. The summed E-state index contributed by atoms with van der Waals surface area (Å²) in [6, 6.07) is 8.61. The lowest BCUT2D eigenvalue weighted by molar-refractivity contribution is -0.131. The first-order valence-electron chi connectivity index (χ1n) is 8.11. The molecule has 0 spiro atoms. The summed E-state index contributed by atoms with van der Waals surface area (Å²) < 4.78 is 1.05. The first-order valence-corrected chi connectivity index (χ1v) is 9.98. The Labute approximate surface area is 146 Å². The Hall–Kier alpha value is -1.33. The summed E-state index contributed by atoms with van der Waals surface area (Å²) in [5.41, 5.74) is 3.50. The van der Waals surface area contributed by atoms with Crippen molar-refractivity contribution in [3.63, 3.8) is 0 Å². The van der Waals surface area contributed by atoms with E-state index in [9.17, 15) is 4.79 Å². The summed E-state index contributed by atoms with van der Waals surface area (Å²) in [7, 11) is 0. The number of carbonyl (C=O) groups excluding carboxylic acids is 1. The molecule has 1 saturated heterocycles. The predicted molar refractivity (Wildman–Crippen MR) is 97.0 cm³/mol. The zero-order valence-electron chi connectivity index (χ0n) is 13.5. The number of nitrogens with zero attached hydrogens (tertiary/aromatic N) is 2. The molecular weight excluding hydrogens is 324 g/mol. The van der Waals surface area contributed by atoms with Crippen LogP contribution in [0.1, 0.15) is 36.1 Å². The maximum absolute atomic E-state index is 12.3. The van der Waals surface area contributed by atoms with E-state index in [4.69, 9.17) is 0 Å². The summed E-state index contributed by atoms with van der Waals surface area (Å²) in [6.07, 6.45) is 3.97. The van der Waals surface area contributed by atoms with E-state index in [2.05, 4.69) is 36.2 Å². The summed E-state index contributed by atoms with van der Waals surface area (Å²) in [5.74, 6) is 1.15. The molecule has 0 saturated carbocycles. The number of thioether (sulfide) groups is 1. The first kappa shape index (κ1) is 16.5. The molecule has 0 radical (unpaired) electrons. The first-order chi connectivity index (χ1) is 11.2. The van der Waals surface area contributed by atoms with E-state index in [1.54, 1.807) is 23.1 Å². The number of aromatic nitrogens is 1. The van der Waals surface area contributed by atoms with Gasteiger partial charge in [-0.05, 0) is 31.7 Å². The van der Waals surface area contributed by atoms with E-state index in [-0.39, 0.29) is 5.91 Å². The van der Waals surface area contributed by atoms with Gasteiger partial charge in [0.2, 0.25) is 5.91 Å². The standard InChI is InChI=1S/C18H22N2OS2/c1-14-5-7-15(8-6-14)12-22-18-19-16(13-23-18)11-17(21)20-9-3-2-4-10-20/h5-8,13H,2-4,9-12H2,1H3. The number of thiazole rings is 1. The van der Waals surface area contributed by atoms with Crippen LogP contribution in [0.15, 0.2) is 34.0 Å². The number of piperidine rings is 1. The number of carbonyl (C=O) groups is 1. The van der Waals surface area contributed by atoms with Crippen LogP contribution in [0, 0.1) is 6.92 Å². The van der Waals surface area contributed by atoms with Crippen LogP contribution in [0.2, 0.25) is 0 Å². The van der Waals surface area contributed by atoms with Crippen LogP contribution in [0.3, 0.4) is 0 Å². The minimum atomic E-state index is 0.227. The number of amides is 1. The topological polar surface area (TPSA) is 33.2 Å². The minimum absolute atomic E-state index is 0.227. The van der Waals surface area contributed by atoms with E-state index in [1.807, 2.05) is 10.3 Å². The van der Waals surface area contributed by atoms with Gasteiger partial charge < -0.3 is 4.90 Å². The van der Waals surface area contributed by atoms with Crippen molar-refractivity contribution in [1.29, 1.82) is 0 Å². The van der Waals surface area contributed by atoms with Gasteiger partial charge in [-0.25, -0.2) is 4.98 Å². The van der Waals surface area contributed by atoms with Crippen LogP contribution in [-0.2, 0) is 17.0 Å². The number of likely N-dealkylation sites (tertiary alicyclic amines) is 1. The molecule has 0 atom stereocenters. The van der Waals surface area contributed by atoms with Gasteiger partial charge >= 0.3 is 0 Å². The van der Waals surface area contributed by atoms with Crippen molar-refractivity contribution in [2.75, 3.05) is 13.1 Å². The van der Waals surface area contributed by atoms with E-state index in [0.29, 0.717) is 6.42 Å². The molecule has 1 aromatic heterocycles. The van der Waals surface area contributed by atoms with Gasteiger partial charge in [0.05, 0.1) is 12.1 Å². The summed E-state index contributed by atoms with van der Waals surface area (Å²) in [4.78, 5) is 18.9. The van der Waals surface area contributed by atoms with Gasteiger partial charge in [-0.2, -0.15) is 0 Å². The number of aryl methyl sites for hydroxylation is 1. The highest BCUT2D eigenvalue weighted by molar-refractivity contribution is 8.00. The molecule has 1 amide bonds. The van der Waals surface area contributed by atoms with Crippen molar-refractivity contribution in [3.8, 4) is 0 Å². The van der Waals surface area contributed by atoms with Gasteiger partial charge in [-0.15, -0.1) is 11.3 Å². The molecule has 3 nitrogen and oxygen atoms in total. The Morgan fingerprint density at radius 2 is 1.96 bits per heavy atom. The van der Waals surface area contributed by atoms with Gasteiger partial charge in [-0.3, -0.25) is 4.79 Å². The molecule has 0 aliphatic carbocycles. The molecule has 1 aromatic carbocycles. The van der Waals surface area contributed by atoms with Gasteiger partial charge in [-0.1, -0.05) is 41.6 Å². The van der Waals surface area contributed by atoms with E-state index in [0.717, 1.165) is 41.7 Å². The predicted octanol–water partition coefficient (Wildman–Crippen LogP) is 4.30. The van der Waals surface area contributed by atoms with Gasteiger partial charge in [0, 0.05) is 24.2 Å². The molecule has 0 bridgehead atoms. The molecule has 1 fully saturated rings. The fourth-order valence-corrected chi connectivity index (χ4v) is 4.48. The number of hydrogen-bond acceptors (Lipinski definition) is 4. The average molecular weight is 347 g/mol. The molecule has 122 valence electrons. The third kappa shape index (κ3) is 4.82. The maximum Gasteiger partial charge on any atom is 0.228 e. The van der Waals surface area contributed by atoms with Gasteiger partial charge in [0.1, 0.15) is 4.34 Å². The summed E-state index contributed by atoms with van der Waals surface area (Å²) in [5, 5.41) is 2.03. The quantitative estimate of drug-likeness (QED) is 0.757. The molecule has 1 aliphatic rings. The number of rotatable bonds is 5. The molecule has 2 heterocycles. The largest absolute Gasteiger partial charge is 0.342 e. The Morgan fingerprint density at radius 1 is 1.22 bits per heavy atom. The summed E-state index contributed by atoms with van der Waals surface area (Å²) >= 11 is 3.39. The molecule has 2 aromatic rings. The molecular formula is C18H22N2OS2. The van der Waals surface area contributed by atoms with Crippen LogP contribution in [0.25, 0.3) is 0 Å². The van der Waals surface area contributed by atoms with E-state index < -0.39 is 0 Å². The smallest absolute Gasteiger partial charge is 0.228 e. The minimum Gasteiger partial charge on any atom is -0.342 e. The fourth-order valence-electron chi connectivity index (χ4n) is 2.68. The van der Waals surface area contributed by atoms with Crippen molar-refractivity contribution >= 4 is 29.0 Å². The highest BCUT2D eigenvalue weighted by atomic mass is 32.2. The lowest BCUT2D eigenvalue weighted by Crippen LogP contribution is -2.36. The van der Waals surface area contributed by atoms with Crippen molar-refractivity contribution in [2.45, 2.75) is 42.7 Å². The average Bonchev–Trinajstić information content (AvgIpc) is 3.02. The second-order valence-corrected chi connectivity index (χ2v) is 8.08. The van der Waals surface area contributed by atoms with Crippen LogP contribution in [0.5, 0.6) is 0 Å². The third-order valence-electron chi connectivity index (χ3n) is 4.05. The van der Waals surface area contributed by atoms with Crippen molar-refractivity contribution in [2.24, 2.45) is 0 Å².